The first-order chi connectivity index (χ1) is 15.4. The summed E-state index contributed by atoms with van der Waals surface area (Å²) in [6.07, 6.45) is 5.66. The molecule has 0 aromatic heterocycles. The smallest absolute Gasteiger partial charge is 0.242 e. The Balaban J connectivity index is 1.65. The highest BCUT2D eigenvalue weighted by atomic mass is 32.2. The molecule has 0 unspecified atom stereocenters. The minimum absolute atomic E-state index is 0.0108. The number of hydrogen-bond acceptors (Lipinski definition) is 3. The van der Waals surface area contributed by atoms with Crippen molar-refractivity contribution in [2.75, 3.05) is 5.75 Å². The molecule has 0 aliphatic heterocycles. The molecule has 32 heavy (non-hydrogen) atoms. The van der Waals surface area contributed by atoms with Crippen LogP contribution in [0.1, 0.15) is 61.3 Å². The van der Waals surface area contributed by atoms with Gasteiger partial charge in [0, 0.05) is 18.3 Å². The fourth-order valence-corrected chi connectivity index (χ4v) is 5.02. The molecule has 1 N–H and O–H groups in total. The molecule has 3 rings (SSSR count). The Morgan fingerprint density at radius 3 is 2.41 bits per heavy atom. The zero-order valence-corrected chi connectivity index (χ0v) is 20.4. The summed E-state index contributed by atoms with van der Waals surface area (Å²) < 4.78 is 0. The van der Waals surface area contributed by atoms with E-state index in [0.717, 1.165) is 29.7 Å². The summed E-state index contributed by atoms with van der Waals surface area (Å²) in [4.78, 5) is 28.1. The van der Waals surface area contributed by atoms with Gasteiger partial charge in [0.25, 0.3) is 0 Å². The van der Waals surface area contributed by atoms with Crippen LogP contribution in [-0.2, 0) is 21.9 Å². The van der Waals surface area contributed by atoms with Crippen molar-refractivity contribution in [3.8, 4) is 0 Å². The second kappa shape index (κ2) is 12.1. The van der Waals surface area contributed by atoms with Gasteiger partial charge >= 0.3 is 0 Å². The Labute approximate surface area is 197 Å². The van der Waals surface area contributed by atoms with Crippen LogP contribution in [0.15, 0.2) is 48.5 Å². The standard InChI is InChI=1S/C27H36N2O2S/c1-20-13-15-23(16-14-20)18-32-19-26(30)29(17-24-10-8-7-9-21(24)2)22(3)27(31)28-25-11-5-4-6-12-25/h7-10,13-16,22,25H,4-6,11-12,17-19H2,1-3H3,(H,28,31)/t22-/m0/s1. The molecule has 2 aromatic rings. The maximum atomic E-state index is 13.3. The van der Waals surface area contributed by atoms with E-state index in [-0.39, 0.29) is 17.9 Å². The fourth-order valence-electron chi connectivity index (χ4n) is 4.15. The van der Waals surface area contributed by atoms with Crippen LogP contribution in [0, 0.1) is 13.8 Å². The molecule has 0 spiro atoms. The van der Waals surface area contributed by atoms with Crippen LogP contribution in [0.4, 0.5) is 0 Å². The predicted octanol–water partition coefficient (Wildman–Crippen LogP) is 5.40. The molecule has 0 saturated heterocycles. The Hall–Kier alpha value is -2.27. The van der Waals surface area contributed by atoms with Gasteiger partial charge in [-0.15, -0.1) is 11.8 Å². The lowest BCUT2D eigenvalue weighted by atomic mass is 9.95. The monoisotopic (exact) mass is 452 g/mol. The quantitative estimate of drug-likeness (QED) is 0.554. The molecule has 0 bridgehead atoms. The molecule has 5 heteroatoms. The van der Waals surface area contributed by atoms with Crippen LogP contribution in [0.25, 0.3) is 0 Å². The topological polar surface area (TPSA) is 49.4 Å². The number of amides is 2. The van der Waals surface area contributed by atoms with Crippen LogP contribution in [0.2, 0.25) is 0 Å². The van der Waals surface area contributed by atoms with E-state index < -0.39 is 6.04 Å². The fraction of sp³-hybridized carbons (Fsp3) is 0.481. The summed E-state index contributed by atoms with van der Waals surface area (Å²) in [5.74, 6) is 1.12. The Kier molecular flexibility index (Phi) is 9.22. The van der Waals surface area contributed by atoms with Gasteiger partial charge in [0.1, 0.15) is 6.04 Å². The molecule has 1 aliphatic carbocycles. The zero-order valence-electron chi connectivity index (χ0n) is 19.6. The van der Waals surface area contributed by atoms with E-state index in [2.05, 4.69) is 49.5 Å². The molecule has 0 radical (unpaired) electrons. The van der Waals surface area contributed by atoms with Crippen LogP contribution >= 0.6 is 11.8 Å². The normalized spacial score (nSPS) is 15.2. The lowest BCUT2D eigenvalue weighted by Gasteiger charge is -2.31. The van der Waals surface area contributed by atoms with Gasteiger partial charge in [-0.3, -0.25) is 9.59 Å². The van der Waals surface area contributed by atoms with Gasteiger partial charge in [-0.25, -0.2) is 0 Å². The van der Waals surface area contributed by atoms with Crippen molar-refractivity contribution in [2.24, 2.45) is 0 Å². The number of aryl methyl sites for hydroxylation is 2. The van der Waals surface area contributed by atoms with Crippen molar-refractivity contribution in [3.63, 3.8) is 0 Å². The van der Waals surface area contributed by atoms with Crippen LogP contribution in [0.5, 0.6) is 0 Å². The third-order valence-electron chi connectivity index (χ3n) is 6.34. The Bertz CT molecular complexity index is 891. The number of nitrogens with zero attached hydrogens (tertiary/aromatic N) is 1. The number of thioether (sulfide) groups is 1. The summed E-state index contributed by atoms with van der Waals surface area (Å²) in [6.45, 7) is 6.44. The van der Waals surface area contributed by atoms with Gasteiger partial charge < -0.3 is 10.2 Å². The first-order valence-corrected chi connectivity index (χ1v) is 12.9. The number of benzene rings is 2. The molecule has 1 fully saturated rings. The SMILES string of the molecule is Cc1ccc(CSCC(=O)N(Cc2ccccc2C)[C@@H](C)C(=O)NC2CCCCC2)cc1. The van der Waals surface area contributed by atoms with Crippen LogP contribution < -0.4 is 5.32 Å². The molecule has 172 valence electrons. The van der Waals surface area contributed by atoms with Gasteiger partial charge in [0.05, 0.1) is 5.75 Å². The highest BCUT2D eigenvalue weighted by Gasteiger charge is 2.28. The van der Waals surface area contributed by atoms with Crippen molar-refractivity contribution < 1.29 is 9.59 Å². The van der Waals surface area contributed by atoms with E-state index in [4.69, 9.17) is 0 Å². The van der Waals surface area contributed by atoms with Gasteiger partial charge in [-0.05, 0) is 50.3 Å². The van der Waals surface area contributed by atoms with E-state index in [1.54, 1.807) is 16.7 Å². The largest absolute Gasteiger partial charge is 0.352 e. The van der Waals surface area contributed by atoms with Gasteiger partial charge in [0.2, 0.25) is 11.8 Å². The third kappa shape index (κ3) is 7.13. The molecular formula is C27H36N2O2S. The number of carbonyl (C=O) groups is 2. The molecule has 1 aliphatic rings. The first kappa shape index (κ1) is 24.4. The number of nitrogens with one attached hydrogen (secondary N) is 1. The molecule has 4 nitrogen and oxygen atoms in total. The minimum Gasteiger partial charge on any atom is -0.352 e. The molecule has 0 heterocycles. The second-order valence-corrected chi connectivity index (χ2v) is 9.93. The molecule has 1 saturated carbocycles. The maximum absolute atomic E-state index is 13.3. The summed E-state index contributed by atoms with van der Waals surface area (Å²) in [5.41, 5.74) is 4.66. The number of carbonyl (C=O) groups excluding carboxylic acids is 2. The van der Waals surface area contributed by atoms with Crippen LogP contribution in [-0.4, -0.2) is 34.6 Å². The van der Waals surface area contributed by atoms with E-state index in [0.29, 0.717) is 12.3 Å². The highest BCUT2D eigenvalue weighted by Crippen LogP contribution is 2.20. The van der Waals surface area contributed by atoms with E-state index >= 15 is 0 Å². The lowest BCUT2D eigenvalue weighted by molar-refractivity contribution is -0.139. The van der Waals surface area contributed by atoms with Crippen LogP contribution in [0.3, 0.4) is 0 Å². The van der Waals surface area contributed by atoms with Crippen molar-refractivity contribution in [3.05, 3.63) is 70.8 Å². The molecule has 2 amide bonds. The summed E-state index contributed by atoms with van der Waals surface area (Å²) in [7, 11) is 0. The van der Waals surface area contributed by atoms with Gasteiger partial charge in [0.15, 0.2) is 0 Å². The summed E-state index contributed by atoms with van der Waals surface area (Å²) in [5, 5.41) is 3.20. The van der Waals surface area contributed by atoms with Crippen molar-refractivity contribution in [2.45, 2.75) is 77.3 Å². The summed E-state index contributed by atoms with van der Waals surface area (Å²) in [6, 6.07) is 16.2. The second-order valence-electron chi connectivity index (χ2n) is 8.95. The lowest BCUT2D eigenvalue weighted by Crippen LogP contribution is -2.50. The van der Waals surface area contributed by atoms with Crippen molar-refractivity contribution >= 4 is 23.6 Å². The van der Waals surface area contributed by atoms with Crippen molar-refractivity contribution in [1.29, 1.82) is 0 Å². The number of hydrogen-bond donors (Lipinski definition) is 1. The Morgan fingerprint density at radius 1 is 1.03 bits per heavy atom. The molecule has 2 aromatic carbocycles. The average molecular weight is 453 g/mol. The van der Waals surface area contributed by atoms with E-state index in [1.165, 1.54) is 30.4 Å². The van der Waals surface area contributed by atoms with E-state index in [1.807, 2.05) is 25.1 Å². The molecular weight excluding hydrogens is 416 g/mol. The molecule has 1 atom stereocenters. The van der Waals surface area contributed by atoms with Gasteiger partial charge in [-0.2, -0.15) is 0 Å². The highest BCUT2D eigenvalue weighted by molar-refractivity contribution is 7.99. The Morgan fingerprint density at radius 2 is 1.72 bits per heavy atom. The zero-order chi connectivity index (χ0) is 22.9. The average Bonchev–Trinajstić information content (AvgIpc) is 2.80. The third-order valence-corrected chi connectivity index (χ3v) is 7.32. The van der Waals surface area contributed by atoms with Crippen molar-refractivity contribution in [1.82, 2.24) is 10.2 Å². The number of rotatable bonds is 9. The summed E-state index contributed by atoms with van der Waals surface area (Å²) >= 11 is 1.61. The first-order valence-electron chi connectivity index (χ1n) is 11.7. The van der Waals surface area contributed by atoms with E-state index in [9.17, 15) is 9.59 Å². The van der Waals surface area contributed by atoms with Gasteiger partial charge in [-0.1, -0.05) is 73.4 Å². The maximum Gasteiger partial charge on any atom is 0.242 e. The predicted molar refractivity (Wildman–Crippen MR) is 134 cm³/mol. The minimum atomic E-state index is -0.496.